The molecule has 1 aliphatic carbocycles. The Morgan fingerprint density at radius 1 is 1.36 bits per heavy atom. The van der Waals surface area contributed by atoms with Crippen molar-refractivity contribution in [2.75, 3.05) is 25.1 Å². The van der Waals surface area contributed by atoms with E-state index in [2.05, 4.69) is 48.2 Å². The maximum absolute atomic E-state index is 3.62. The van der Waals surface area contributed by atoms with E-state index in [1.165, 1.54) is 42.9 Å². The number of aryl methyl sites for hydroxylation is 1. The molecule has 0 unspecified atom stereocenters. The SMILES string of the molecule is CCN1C[C@H](CSC)C[C@@H]2c3cccc4[nH]c(C)c(c34)C[C@H]21. The summed E-state index contributed by atoms with van der Waals surface area (Å²) in [4.78, 5) is 6.37. The fraction of sp³-hybridized carbons (Fsp3) is 0.579. The van der Waals surface area contributed by atoms with E-state index in [1.807, 2.05) is 11.8 Å². The minimum atomic E-state index is 0.704. The van der Waals surface area contributed by atoms with Gasteiger partial charge in [-0.1, -0.05) is 19.1 Å². The van der Waals surface area contributed by atoms with Crippen LogP contribution in [0.4, 0.5) is 0 Å². The number of fused-ring (bicyclic) bond motifs is 2. The van der Waals surface area contributed by atoms with Crippen molar-refractivity contribution >= 4 is 22.7 Å². The first-order valence-electron chi connectivity index (χ1n) is 8.56. The van der Waals surface area contributed by atoms with Gasteiger partial charge < -0.3 is 4.98 Å². The Morgan fingerprint density at radius 2 is 2.23 bits per heavy atom. The van der Waals surface area contributed by atoms with Gasteiger partial charge in [0.1, 0.15) is 0 Å². The summed E-state index contributed by atoms with van der Waals surface area (Å²) < 4.78 is 0. The van der Waals surface area contributed by atoms with E-state index >= 15 is 0 Å². The lowest BCUT2D eigenvalue weighted by molar-refractivity contribution is 0.0983. The lowest BCUT2D eigenvalue weighted by Crippen LogP contribution is -2.50. The van der Waals surface area contributed by atoms with E-state index in [-0.39, 0.29) is 0 Å². The maximum atomic E-state index is 3.62. The number of nitrogens with one attached hydrogen (secondary N) is 1. The molecule has 2 aromatic rings. The van der Waals surface area contributed by atoms with Gasteiger partial charge in [0.05, 0.1) is 0 Å². The van der Waals surface area contributed by atoms with Gasteiger partial charge in [0, 0.05) is 35.1 Å². The summed E-state index contributed by atoms with van der Waals surface area (Å²) in [6.07, 6.45) is 4.84. The van der Waals surface area contributed by atoms with Gasteiger partial charge in [-0.25, -0.2) is 0 Å². The predicted molar refractivity (Wildman–Crippen MR) is 97.0 cm³/mol. The van der Waals surface area contributed by atoms with Crippen LogP contribution in [0.3, 0.4) is 0 Å². The summed E-state index contributed by atoms with van der Waals surface area (Å²) >= 11 is 2.01. The van der Waals surface area contributed by atoms with Crippen LogP contribution in [0.1, 0.15) is 36.1 Å². The third-order valence-corrected chi connectivity index (χ3v) is 6.61. The van der Waals surface area contributed by atoms with Gasteiger partial charge in [0.2, 0.25) is 0 Å². The number of rotatable bonds is 3. The van der Waals surface area contributed by atoms with Gasteiger partial charge in [-0.15, -0.1) is 0 Å². The standard InChI is InChI=1S/C19H26N2S/c1-4-21-10-13(11-22-3)8-16-14-6-5-7-17-19(14)15(9-18(16)21)12(2)20-17/h5-7,13,16,18,20H,4,8-11H2,1-3H3/t13-,16-,18-/m1/s1. The number of likely N-dealkylation sites (N-methyl/N-ethyl adjacent to an activating group) is 1. The molecule has 1 saturated heterocycles. The van der Waals surface area contributed by atoms with Crippen LogP contribution in [0.15, 0.2) is 18.2 Å². The van der Waals surface area contributed by atoms with Crippen LogP contribution in [0.2, 0.25) is 0 Å². The van der Waals surface area contributed by atoms with Crippen molar-refractivity contribution in [3.63, 3.8) is 0 Å². The van der Waals surface area contributed by atoms with Crippen LogP contribution in [-0.2, 0) is 6.42 Å². The van der Waals surface area contributed by atoms with Crippen molar-refractivity contribution < 1.29 is 0 Å². The van der Waals surface area contributed by atoms with Crippen molar-refractivity contribution in [2.45, 2.75) is 38.6 Å². The monoisotopic (exact) mass is 314 g/mol. The molecule has 2 nitrogen and oxygen atoms in total. The zero-order valence-corrected chi connectivity index (χ0v) is 14.7. The first-order valence-corrected chi connectivity index (χ1v) is 9.95. The minimum Gasteiger partial charge on any atom is -0.358 e. The summed E-state index contributed by atoms with van der Waals surface area (Å²) in [6, 6.07) is 7.59. The Balaban J connectivity index is 1.81. The van der Waals surface area contributed by atoms with Gasteiger partial charge in [0.25, 0.3) is 0 Å². The molecule has 1 N–H and O–H groups in total. The number of nitrogens with zero attached hydrogens (tertiary/aromatic N) is 1. The normalized spacial score (nSPS) is 28.0. The number of H-pyrrole nitrogens is 1. The van der Waals surface area contributed by atoms with Crippen molar-refractivity contribution in [2.24, 2.45) is 5.92 Å². The first-order chi connectivity index (χ1) is 10.7. The number of piperidine rings is 1. The van der Waals surface area contributed by atoms with Crippen LogP contribution in [-0.4, -0.2) is 41.0 Å². The molecule has 1 aromatic heterocycles. The quantitative estimate of drug-likeness (QED) is 0.916. The molecule has 3 heteroatoms. The second-order valence-electron chi connectivity index (χ2n) is 7.02. The molecule has 118 valence electrons. The largest absolute Gasteiger partial charge is 0.358 e. The highest BCUT2D eigenvalue weighted by Crippen LogP contribution is 2.45. The van der Waals surface area contributed by atoms with E-state index in [0.717, 1.165) is 11.8 Å². The number of aromatic nitrogens is 1. The average Bonchev–Trinajstić information content (AvgIpc) is 2.85. The van der Waals surface area contributed by atoms with Gasteiger partial charge in [-0.05, 0) is 61.4 Å². The van der Waals surface area contributed by atoms with E-state index in [9.17, 15) is 0 Å². The smallest absolute Gasteiger partial charge is 0.0461 e. The van der Waals surface area contributed by atoms with Crippen molar-refractivity contribution in [3.05, 3.63) is 35.0 Å². The molecule has 0 spiro atoms. The summed E-state index contributed by atoms with van der Waals surface area (Å²) in [6.45, 7) is 7.04. The molecule has 1 aromatic carbocycles. The van der Waals surface area contributed by atoms with Crippen molar-refractivity contribution in [3.8, 4) is 0 Å². The van der Waals surface area contributed by atoms with E-state index in [1.54, 1.807) is 16.5 Å². The van der Waals surface area contributed by atoms with E-state index < -0.39 is 0 Å². The number of thioether (sulfide) groups is 1. The molecule has 1 aliphatic heterocycles. The number of hydrogen-bond acceptors (Lipinski definition) is 2. The third kappa shape index (κ3) is 2.13. The minimum absolute atomic E-state index is 0.704. The van der Waals surface area contributed by atoms with Crippen LogP contribution in [0, 0.1) is 12.8 Å². The van der Waals surface area contributed by atoms with Crippen LogP contribution >= 0.6 is 11.8 Å². The average molecular weight is 314 g/mol. The summed E-state index contributed by atoms with van der Waals surface area (Å²) in [5.74, 6) is 2.86. The van der Waals surface area contributed by atoms with E-state index in [4.69, 9.17) is 0 Å². The first kappa shape index (κ1) is 14.6. The predicted octanol–water partition coefficient (Wildman–Crippen LogP) is 4.19. The number of aromatic amines is 1. The molecule has 0 amide bonds. The Labute approximate surface area is 137 Å². The van der Waals surface area contributed by atoms with Gasteiger partial charge in [0.15, 0.2) is 0 Å². The zero-order valence-electron chi connectivity index (χ0n) is 13.9. The summed E-state index contributed by atoms with van der Waals surface area (Å²) in [5, 5.41) is 1.54. The molecule has 2 heterocycles. The summed E-state index contributed by atoms with van der Waals surface area (Å²) in [5.41, 5.74) is 5.91. The van der Waals surface area contributed by atoms with Gasteiger partial charge in [-0.2, -0.15) is 11.8 Å². The lowest BCUT2D eigenvalue weighted by Gasteiger charge is -2.47. The molecular formula is C19H26N2S. The molecule has 1 fully saturated rings. The van der Waals surface area contributed by atoms with Crippen molar-refractivity contribution in [1.82, 2.24) is 9.88 Å². The highest BCUT2D eigenvalue weighted by atomic mass is 32.2. The van der Waals surface area contributed by atoms with Crippen molar-refractivity contribution in [1.29, 1.82) is 0 Å². The van der Waals surface area contributed by atoms with Crippen LogP contribution in [0.5, 0.6) is 0 Å². The molecular weight excluding hydrogens is 288 g/mol. The Kier molecular flexibility index (Phi) is 3.74. The highest BCUT2D eigenvalue weighted by molar-refractivity contribution is 7.98. The van der Waals surface area contributed by atoms with Crippen LogP contribution < -0.4 is 0 Å². The van der Waals surface area contributed by atoms with Gasteiger partial charge in [-0.3, -0.25) is 4.90 Å². The Bertz CT molecular complexity index is 690. The maximum Gasteiger partial charge on any atom is 0.0461 e. The van der Waals surface area contributed by atoms with Crippen LogP contribution in [0.25, 0.3) is 10.9 Å². The second-order valence-corrected chi connectivity index (χ2v) is 7.93. The molecule has 22 heavy (non-hydrogen) atoms. The number of benzene rings is 1. The lowest BCUT2D eigenvalue weighted by atomic mass is 9.72. The molecule has 0 radical (unpaired) electrons. The molecule has 0 saturated carbocycles. The molecule has 3 atom stereocenters. The Hall–Kier alpha value is -0.930. The third-order valence-electron chi connectivity index (χ3n) is 5.81. The molecule has 2 aliphatic rings. The Morgan fingerprint density at radius 3 is 3.00 bits per heavy atom. The molecule has 4 rings (SSSR count). The fourth-order valence-electron chi connectivity index (χ4n) is 4.89. The zero-order chi connectivity index (χ0) is 15.3. The molecule has 0 bridgehead atoms. The fourth-order valence-corrected chi connectivity index (χ4v) is 5.60. The topological polar surface area (TPSA) is 19.0 Å². The second kappa shape index (κ2) is 5.61. The number of likely N-dealkylation sites (tertiary alicyclic amines) is 1. The van der Waals surface area contributed by atoms with Gasteiger partial charge >= 0.3 is 0 Å². The summed E-state index contributed by atoms with van der Waals surface area (Å²) in [7, 11) is 0. The highest BCUT2D eigenvalue weighted by Gasteiger charge is 2.40. The van der Waals surface area contributed by atoms with E-state index in [0.29, 0.717) is 6.04 Å². The number of hydrogen-bond donors (Lipinski definition) is 1.